The number of phenols is 1. The number of aromatic hydroxyl groups is 1. The Hall–Kier alpha value is -1.50. The highest BCUT2D eigenvalue weighted by Gasteiger charge is 2.03. The molecule has 0 aliphatic carbocycles. The Morgan fingerprint density at radius 3 is 2.23 bits per heavy atom. The summed E-state index contributed by atoms with van der Waals surface area (Å²) in [6, 6.07) is 10.5. The second kappa shape index (κ2) is 8.82. The monoisotopic (exact) mass is 298 g/mol. The average Bonchev–Trinajstić information content (AvgIpc) is 2.53. The van der Waals surface area contributed by atoms with Crippen LogP contribution in [0.4, 0.5) is 0 Å². The van der Waals surface area contributed by atoms with Crippen LogP contribution in [-0.2, 0) is 6.42 Å². The standard InChI is InChI=1S/C21H30O/c1-3-4-5-6-7-8-9-10-11-18-12-14-20-17(2)21(22)15-13-19(20)16-18/h12-16,22H,3-11H2,1-2H3. The van der Waals surface area contributed by atoms with E-state index < -0.39 is 0 Å². The quantitative estimate of drug-likeness (QED) is 0.521. The van der Waals surface area contributed by atoms with Crippen LogP contribution >= 0.6 is 0 Å². The van der Waals surface area contributed by atoms with E-state index in [0.29, 0.717) is 5.75 Å². The fraction of sp³-hybridized carbons (Fsp3) is 0.524. The lowest BCUT2D eigenvalue weighted by Crippen LogP contribution is -1.88. The SMILES string of the molecule is CCCCCCCCCCc1ccc2c(C)c(O)ccc2c1. The summed E-state index contributed by atoms with van der Waals surface area (Å²) < 4.78 is 0. The second-order valence-electron chi connectivity index (χ2n) is 6.49. The third kappa shape index (κ3) is 4.76. The number of unbranched alkanes of at least 4 members (excludes halogenated alkanes) is 7. The number of benzene rings is 2. The molecule has 1 N–H and O–H groups in total. The first kappa shape index (κ1) is 16.9. The van der Waals surface area contributed by atoms with Gasteiger partial charge in [0.25, 0.3) is 0 Å². The molecule has 1 heteroatoms. The normalized spacial score (nSPS) is 11.2. The molecule has 120 valence electrons. The van der Waals surface area contributed by atoms with Crippen LogP contribution in [0, 0.1) is 6.92 Å². The van der Waals surface area contributed by atoms with Crippen LogP contribution in [0.5, 0.6) is 5.75 Å². The van der Waals surface area contributed by atoms with Gasteiger partial charge in [-0.15, -0.1) is 0 Å². The van der Waals surface area contributed by atoms with Crippen LogP contribution in [0.2, 0.25) is 0 Å². The minimum Gasteiger partial charge on any atom is -0.508 e. The first-order chi connectivity index (χ1) is 10.7. The van der Waals surface area contributed by atoms with Gasteiger partial charge in [-0.3, -0.25) is 0 Å². The molecule has 22 heavy (non-hydrogen) atoms. The highest BCUT2D eigenvalue weighted by molar-refractivity contribution is 5.88. The van der Waals surface area contributed by atoms with Crippen molar-refractivity contribution < 1.29 is 5.11 Å². The molecule has 0 saturated carbocycles. The Bertz CT molecular complexity index is 586. The Labute approximate surface area is 135 Å². The molecular weight excluding hydrogens is 268 g/mol. The minimum absolute atomic E-state index is 0.392. The molecule has 1 nitrogen and oxygen atoms in total. The molecule has 0 aromatic heterocycles. The Morgan fingerprint density at radius 2 is 1.50 bits per heavy atom. The molecule has 0 fully saturated rings. The van der Waals surface area contributed by atoms with Crippen LogP contribution in [-0.4, -0.2) is 5.11 Å². The summed E-state index contributed by atoms with van der Waals surface area (Å²) in [6.07, 6.45) is 12.1. The summed E-state index contributed by atoms with van der Waals surface area (Å²) in [5, 5.41) is 12.2. The van der Waals surface area contributed by atoms with E-state index in [1.807, 2.05) is 13.0 Å². The molecule has 0 unspecified atom stereocenters. The summed E-state index contributed by atoms with van der Waals surface area (Å²) in [4.78, 5) is 0. The Kier molecular flexibility index (Phi) is 6.76. The maximum Gasteiger partial charge on any atom is 0.119 e. The topological polar surface area (TPSA) is 20.2 Å². The van der Waals surface area contributed by atoms with Gasteiger partial charge in [0.15, 0.2) is 0 Å². The van der Waals surface area contributed by atoms with Crippen LogP contribution in [0.15, 0.2) is 30.3 Å². The third-order valence-electron chi connectivity index (χ3n) is 4.64. The molecule has 0 amide bonds. The lowest BCUT2D eigenvalue weighted by atomic mass is 9.99. The van der Waals surface area contributed by atoms with E-state index >= 15 is 0 Å². The van der Waals surface area contributed by atoms with Crippen LogP contribution in [0.3, 0.4) is 0 Å². The van der Waals surface area contributed by atoms with Gasteiger partial charge in [0, 0.05) is 0 Å². The lowest BCUT2D eigenvalue weighted by molar-refractivity contribution is 0.472. The van der Waals surface area contributed by atoms with Crippen molar-refractivity contribution in [3.05, 3.63) is 41.5 Å². The molecule has 0 spiro atoms. The van der Waals surface area contributed by atoms with Gasteiger partial charge in [0.05, 0.1) is 0 Å². The van der Waals surface area contributed by atoms with E-state index in [0.717, 1.165) is 5.56 Å². The van der Waals surface area contributed by atoms with Gasteiger partial charge in [-0.05, 0) is 47.7 Å². The number of hydrogen-bond acceptors (Lipinski definition) is 1. The van der Waals surface area contributed by atoms with E-state index in [9.17, 15) is 5.11 Å². The van der Waals surface area contributed by atoms with Crippen molar-refractivity contribution in [2.75, 3.05) is 0 Å². The van der Waals surface area contributed by atoms with Crippen LogP contribution < -0.4 is 0 Å². The third-order valence-corrected chi connectivity index (χ3v) is 4.64. The number of hydrogen-bond donors (Lipinski definition) is 1. The number of phenolic OH excluding ortho intramolecular Hbond substituents is 1. The summed E-state index contributed by atoms with van der Waals surface area (Å²) in [5.74, 6) is 0.392. The average molecular weight is 298 g/mol. The van der Waals surface area contributed by atoms with Crippen molar-refractivity contribution in [2.45, 2.75) is 71.6 Å². The van der Waals surface area contributed by atoms with Crippen molar-refractivity contribution in [2.24, 2.45) is 0 Å². The van der Waals surface area contributed by atoms with Gasteiger partial charge in [0.2, 0.25) is 0 Å². The van der Waals surface area contributed by atoms with E-state index in [-0.39, 0.29) is 0 Å². The zero-order valence-electron chi connectivity index (χ0n) is 14.2. The van der Waals surface area contributed by atoms with Crippen LogP contribution in [0.25, 0.3) is 10.8 Å². The van der Waals surface area contributed by atoms with Crippen molar-refractivity contribution in [3.63, 3.8) is 0 Å². The highest BCUT2D eigenvalue weighted by atomic mass is 16.3. The summed E-state index contributed by atoms with van der Waals surface area (Å²) in [5.41, 5.74) is 2.40. The number of rotatable bonds is 9. The van der Waals surface area contributed by atoms with Crippen LogP contribution in [0.1, 0.15) is 69.4 Å². The molecule has 0 aliphatic heterocycles. The molecule has 0 aliphatic rings. The van der Waals surface area contributed by atoms with Crippen molar-refractivity contribution in [1.82, 2.24) is 0 Å². The lowest BCUT2D eigenvalue weighted by Gasteiger charge is -2.07. The molecule has 0 atom stereocenters. The van der Waals surface area contributed by atoms with Gasteiger partial charge in [-0.25, -0.2) is 0 Å². The van der Waals surface area contributed by atoms with Gasteiger partial charge in [0.1, 0.15) is 5.75 Å². The molecule has 2 aromatic carbocycles. The first-order valence-electron chi connectivity index (χ1n) is 8.93. The first-order valence-corrected chi connectivity index (χ1v) is 8.93. The van der Waals surface area contributed by atoms with Gasteiger partial charge >= 0.3 is 0 Å². The highest BCUT2D eigenvalue weighted by Crippen LogP contribution is 2.27. The minimum atomic E-state index is 0.392. The number of aryl methyl sites for hydroxylation is 2. The molecule has 0 bridgehead atoms. The second-order valence-corrected chi connectivity index (χ2v) is 6.49. The molecule has 0 saturated heterocycles. The van der Waals surface area contributed by atoms with Crippen molar-refractivity contribution >= 4 is 10.8 Å². The van der Waals surface area contributed by atoms with Gasteiger partial charge in [-0.1, -0.05) is 76.1 Å². The molecule has 2 rings (SSSR count). The summed E-state index contributed by atoms with van der Waals surface area (Å²) in [6.45, 7) is 4.25. The molecule has 2 aromatic rings. The van der Waals surface area contributed by atoms with E-state index in [2.05, 4.69) is 25.1 Å². The largest absolute Gasteiger partial charge is 0.508 e. The fourth-order valence-corrected chi connectivity index (χ4v) is 3.14. The fourth-order valence-electron chi connectivity index (χ4n) is 3.14. The van der Waals surface area contributed by atoms with Gasteiger partial charge in [-0.2, -0.15) is 0 Å². The molecule has 0 heterocycles. The summed E-state index contributed by atoms with van der Waals surface area (Å²) in [7, 11) is 0. The maximum atomic E-state index is 9.76. The van der Waals surface area contributed by atoms with Crippen molar-refractivity contribution in [3.8, 4) is 5.75 Å². The smallest absolute Gasteiger partial charge is 0.119 e. The molecular formula is C21H30O. The maximum absolute atomic E-state index is 9.76. The predicted molar refractivity (Wildman–Crippen MR) is 96.7 cm³/mol. The van der Waals surface area contributed by atoms with Crippen molar-refractivity contribution in [1.29, 1.82) is 0 Å². The van der Waals surface area contributed by atoms with E-state index in [1.54, 1.807) is 6.07 Å². The van der Waals surface area contributed by atoms with E-state index in [1.165, 1.54) is 74.1 Å². The zero-order chi connectivity index (χ0) is 15.8. The zero-order valence-corrected chi connectivity index (χ0v) is 14.2. The Morgan fingerprint density at radius 1 is 0.818 bits per heavy atom. The van der Waals surface area contributed by atoms with Gasteiger partial charge < -0.3 is 5.11 Å². The number of fused-ring (bicyclic) bond motifs is 1. The summed E-state index contributed by atoms with van der Waals surface area (Å²) >= 11 is 0. The van der Waals surface area contributed by atoms with E-state index in [4.69, 9.17) is 0 Å². The predicted octanol–water partition coefficient (Wildman–Crippen LogP) is 6.54. The molecule has 0 radical (unpaired) electrons. The Balaban J connectivity index is 1.77.